The van der Waals surface area contributed by atoms with Crippen molar-refractivity contribution in [1.82, 2.24) is 9.97 Å². The van der Waals surface area contributed by atoms with Gasteiger partial charge in [-0.05, 0) is 73.2 Å². The fraction of sp³-hybridized carbons (Fsp3) is 0.419. The van der Waals surface area contributed by atoms with E-state index in [9.17, 15) is 0 Å². The summed E-state index contributed by atoms with van der Waals surface area (Å²) in [6.45, 7) is 17.9. The predicted molar refractivity (Wildman–Crippen MR) is 143 cm³/mol. The molecule has 0 aliphatic rings. The van der Waals surface area contributed by atoms with Crippen LogP contribution in [0, 0.1) is 25.7 Å². The molecular weight excluding hydrogens is 400 g/mol. The summed E-state index contributed by atoms with van der Waals surface area (Å²) in [7, 11) is 0. The van der Waals surface area contributed by atoms with E-state index in [0.717, 1.165) is 35.3 Å². The number of aryl methyl sites for hydroxylation is 2. The molecule has 33 heavy (non-hydrogen) atoms. The van der Waals surface area contributed by atoms with Crippen molar-refractivity contribution in [3.63, 3.8) is 0 Å². The van der Waals surface area contributed by atoms with Crippen molar-refractivity contribution in [3.05, 3.63) is 70.5 Å². The molecule has 0 N–H and O–H groups in total. The van der Waals surface area contributed by atoms with Crippen molar-refractivity contribution in [2.75, 3.05) is 0 Å². The molecule has 0 radical (unpaired) electrons. The summed E-state index contributed by atoms with van der Waals surface area (Å²) in [4.78, 5) is 10.3. The predicted octanol–water partition coefficient (Wildman–Crippen LogP) is 8.59. The van der Waals surface area contributed by atoms with Gasteiger partial charge in [-0.1, -0.05) is 76.9 Å². The summed E-state index contributed by atoms with van der Waals surface area (Å²) in [5.74, 6) is 2.41. The molecule has 0 aliphatic heterocycles. The van der Waals surface area contributed by atoms with Gasteiger partial charge in [0.05, 0.1) is 11.2 Å². The molecule has 0 saturated carbocycles. The normalized spacial score (nSPS) is 12.1. The lowest BCUT2D eigenvalue weighted by molar-refractivity contribution is 0.638. The highest BCUT2D eigenvalue weighted by atomic mass is 14.9. The van der Waals surface area contributed by atoms with E-state index in [1.54, 1.807) is 0 Å². The zero-order chi connectivity index (χ0) is 23.9. The molecule has 2 nitrogen and oxygen atoms in total. The molecule has 0 atom stereocenters. The number of rotatable bonds is 6. The van der Waals surface area contributed by atoms with E-state index in [0.29, 0.717) is 11.8 Å². The molecule has 0 aliphatic carbocycles. The maximum absolute atomic E-state index is 5.18. The monoisotopic (exact) mass is 438 g/mol. The van der Waals surface area contributed by atoms with E-state index in [1.807, 2.05) is 0 Å². The lowest BCUT2D eigenvalue weighted by Crippen LogP contribution is -2.04. The van der Waals surface area contributed by atoms with E-state index in [2.05, 4.69) is 97.9 Å². The summed E-state index contributed by atoms with van der Waals surface area (Å²) < 4.78 is 0. The van der Waals surface area contributed by atoms with Crippen molar-refractivity contribution in [2.45, 2.75) is 74.1 Å². The number of fused-ring (bicyclic) bond motifs is 3. The van der Waals surface area contributed by atoms with Gasteiger partial charge in [0, 0.05) is 22.3 Å². The first-order valence-electron chi connectivity index (χ1n) is 12.5. The zero-order valence-corrected chi connectivity index (χ0v) is 21.6. The highest BCUT2D eigenvalue weighted by Crippen LogP contribution is 2.36. The van der Waals surface area contributed by atoms with Crippen LogP contribution < -0.4 is 0 Å². The third-order valence-corrected chi connectivity index (χ3v) is 6.22. The molecule has 4 rings (SSSR count). The lowest BCUT2D eigenvalue weighted by atomic mass is 9.90. The Morgan fingerprint density at radius 1 is 0.727 bits per heavy atom. The van der Waals surface area contributed by atoms with Gasteiger partial charge in [-0.25, -0.2) is 9.97 Å². The Kier molecular flexibility index (Phi) is 6.56. The molecule has 0 fully saturated rings. The Labute approximate surface area is 199 Å². The lowest BCUT2D eigenvalue weighted by Gasteiger charge is -2.18. The van der Waals surface area contributed by atoms with E-state index in [4.69, 9.17) is 9.97 Å². The topological polar surface area (TPSA) is 25.8 Å². The summed E-state index contributed by atoms with van der Waals surface area (Å²) in [6, 6.07) is 16.1. The average molecular weight is 439 g/mol. The summed E-state index contributed by atoms with van der Waals surface area (Å²) in [6.07, 6.45) is 2.16. The Balaban J connectivity index is 2.10. The number of nitrogens with zero attached hydrogens (tertiary/aromatic N) is 2. The van der Waals surface area contributed by atoms with Gasteiger partial charge in [0.15, 0.2) is 0 Å². The van der Waals surface area contributed by atoms with Crippen LogP contribution in [0.1, 0.15) is 75.5 Å². The number of aromatic nitrogens is 2. The Morgan fingerprint density at radius 3 is 2.00 bits per heavy atom. The van der Waals surface area contributed by atoms with Crippen LogP contribution in [-0.2, 0) is 12.8 Å². The molecule has 1 aromatic heterocycles. The van der Waals surface area contributed by atoms with Crippen LogP contribution in [0.25, 0.3) is 32.9 Å². The molecule has 0 amide bonds. The SMILES string of the molecule is Cc1cc(C)cc(-c2nc(C(C)C)nc3c2ccc2cc(CC(C)C)cc(CC(C)C)c23)c1. The first kappa shape index (κ1) is 23.4. The van der Waals surface area contributed by atoms with Gasteiger partial charge in [-0.2, -0.15) is 0 Å². The first-order valence-corrected chi connectivity index (χ1v) is 12.5. The van der Waals surface area contributed by atoms with Gasteiger partial charge < -0.3 is 0 Å². The van der Waals surface area contributed by atoms with Crippen molar-refractivity contribution in [3.8, 4) is 11.3 Å². The van der Waals surface area contributed by atoms with E-state index in [1.165, 1.54) is 38.6 Å². The second-order valence-corrected chi connectivity index (χ2v) is 11.0. The van der Waals surface area contributed by atoms with E-state index < -0.39 is 0 Å². The molecule has 0 spiro atoms. The second-order valence-electron chi connectivity index (χ2n) is 11.0. The Bertz CT molecular complexity index is 1290. The fourth-order valence-electron chi connectivity index (χ4n) is 5.00. The van der Waals surface area contributed by atoms with Gasteiger partial charge in [-0.15, -0.1) is 0 Å². The van der Waals surface area contributed by atoms with Crippen LogP contribution in [0.2, 0.25) is 0 Å². The van der Waals surface area contributed by atoms with Crippen LogP contribution >= 0.6 is 0 Å². The standard InChI is InChI=1S/C31H38N2/c1-18(2)11-23-16-24-9-10-27-29(26-14-21(7)13-22(8)15-26)32-31(20(5)6)33-30(27)28(24)25(17-23)12-19(3)4/h9-10,13-20H,11-12H2,1-8H3. The fourth-order valence-corrected chi connectivity index (χ4v) is 5.00. The number of hydrogen-bond acceptors (Lipinski definition) is 2. The quantitative estimate of drug-likeness (QED) is 0.282. The average Bonchev–Trinajstić information content (AvgIpc) is 2.70. The maximum Gasteiger partial charge on any atom is 0.132 e. The minimum atomic E-state index is 0.267. The van der Waals surface area contributed by atoms with Crippen molar-refractivity contribution in [1.29, 1.82) is 0 Å². The van der Waals surface area contributed by atoms with Gasteiger partial charge in [0.2, 0.25) is 0 Å². The summed E-state index contributed by atoms with van der Waals surface area (Å²) in [5.41, 5.74) is 8.72. The minimum Gasteiger partial charge on any atom is -0.232 e. The number of hydrogen-bond donors (Lipinski definition) is 0. The molecule has 0 bridgehead atoms. The summed E-state index contributed by atoms with van der Waals surface area (Å²) in [5, 5.41) is 3.76. The van der Waals surface area contributed by atoms with Crippen molar-refractivity contribution < 1.29 is 0 Å². The van der Waals surface area contributed by atoms with Crippen LogP contribution in [0.15, 0.2) is 42.5 Å². The Hall–Kier alpha value is -2.74. The highest BCUT2D eigenvalue weighted by Gasteiger charge is 2.18. The van der Waals surface area contributed by atoms with E-state index >= 15 is 0 Å². The van der Waals surface area contributed by atoms with Gasteiger partial charge in [-0.3, -0.25) is 0 Å². The largest absolute Gasteiger partial charge is 0.232 e. The summed E-state index contributed by atoms with van der Waals surface area (Å²) >= 11 is 0. The maximum atomic E-state index is 5.18. The first-order chi connectivity index (χ1) is 15.6. The molecule has 1 heterocycles. The van der Waals surface area contributed by atoms with Crippen molar-refractivity contribution in [2.24, 2.45) is 11.8 Å². The molecule has 0 saturated heterocycles. The van der Waals surface area contributed by atoms with Gasteiger partial charge >= 0.3 is 0 Å². The van der Waals surface area contributed by atoms with Gasteiger partial charge in [0.25, 0.3) is 0 Å². The molecule has 4 aromatic rings. The van der Waals surface area contributed by atoms with Crippen LogP contribution in [0.3, 0.4) is 0 Å². The van der Waals surface area contributed by atoms with Crippen LogP contribution in [0.4, 0.5) is 0 Å². The van der Waals surface area contributed by atoms with Crippen LogP contribution in [0.5, 0.6) is 0 Å². The second kappa shape index (κ2) is 9.25. The van der Waals surface area contributed by atoms with Crippen LogP contribution in [-0.4, -0.2) is 9.97 Å². The van der Waals surface area contributed by atoms with Crippen molar-refractivity contribution >= 4 is 21.7 Å². The minimum absolute atomic E-state index is 0.267. The third-order valence-electron chi connectivity index (χ3n) is 6.22. The molecule has 0 unspecified atom stereocenters. The molecule has 172 valence electrons. The molecule has 2 heteroatoms. The Morgan fingerprint density at radius 2 is 1.39 bits per heavy atom. The van der Waals surface area contributed by atoms with E-state index in [-0.39, 0.29) is 5.92 Å². The molecule has 3 aromatic carbocycles. The zero-order valence-electron chi connectivity index (χ0n) is 21.6. The third kappa shape index (κ3) is 4.95. The van der Waals surface area contributed by atoms with Gasteiger partial charge in [0.1, 0.15) is 5.82 Å². The number of benzene rings is 3. The smallest absolute Gasteiger partial charge is 0.132 e. The molecular formula is C31H38N2. The highest BCUT2D eigenvalue weighted by molar-refractivity contribution is 6.10.